The largest absolute Gasteiger partial charge is 0.228 e. The summed E-state index contributed by atoms with van der Waals surface area (Å²) in [7, 11) is -2.90. The van der Waals surface area contributed by atoms with E-state index in [0.717, 1.165) is 72.4 Å². The maximum Gasteiger partial charge on any atom is 0.156 e. The van der Waals surface area contributed by atoms with Gasteiger partial charge in [0.05, 0.1) is 10.5 Å². The Morgan fingerprint density at radius 3 is 1.36 bits per heavy atom. The van der Waals surface area contributed by atoms with Crippen LogP contribution in [-0.4, -0.2) is 62.9 Å². The molecule has 2 nitrogen and oxygen atoms in total. The number of rotatable bonds is 8. The molecule has 2 unspecified atom stereocenters. The Labute approximate surface area is 170 Å². The second kappa shape index (κ2) is 8.79. The molecule has 144 valence electrons. The van der Waals surface area contributed by atoms with Gasteiger partial charge in [-0.2, -0.15) is 47.0 Å². The molecule has 0 bridgehead atoms. The first-order chi connectivity index (χ1) is 12.1. The van der Waals surface area contributed by atoms with E-state index in [-0.39, 0.29) is 10.5 Å². The quantitative estimate of drug-likeness (QED) is 0.510. The number of hydrogen-bond donors (Lipinski definition) is 0. The Balaban J connectivity index is 1.20. The van der Waals surface area contributed by atoms with Gasteiger partial charge in [0.1, 0.15) is 0 Å². The predicted molar refractivity (Wildman–Crippen MR) is 118 cm³/mol. The fourth-order valence-electron chi connectivity index (χ4n) is 4.14. The van der Waals surface area contributed by atoms with E-state index in [1.54, 1.807) is 0 Å². The van der Waals surface area contributed by atoms with Crippen LogP contribution in [0.3, 0.4) is 0 Å². The fourth-order valence-corrected chi connectivity index (χ4v) is 11.0. The summed E-state index contributed by atoms with van der Waals surface area (Å²) in [4.78, 5) is 0. The fraction of sp³-hybridized carbons (Fsp3) is 1.00. The van der Waals surface area contributed by atoms with E-state index in [0.29, 0.717) is 0 Å². The van der Waals surface area contributed by atoms with Crippen molar-refractivity contribution in [2.75, 3.05) is 23.0 Å². The van der Waals surface area contributed by atoms with Crippen LogP contribution in [0.25, 0.3) is 0 Å². The van der Waals surface area contributed by atoms with Gasteiger partial charge in [-0.1, -0.05) is 0 Å². The summed E-state index contributed by atoms with van der Waals surface area (Å²) in [5.74, 6) is 5.26. The third-order valence-electron chi connectivity index (χ3n) is 6.01. The Bertz CT molecular complexity index is 486. The zero-order valence-corrected chi connectivity index (χ0v) is 18.9. The van der Waals surface area contributed by atoms with Crippen LogP contribution < -0.4 is 0 Å². The van der Waals surface area contributed by atoms with Crippen molar-refractivity contribution in [2.45, 2.75) is 82.9 Å². The monoisotopic (exact) mass is 438 g/mol. The summed E-state index contributed by atoms with van der Waals surface area (Å²) < 4.78 is 26.2. The second-order valence-corrected chi connectivity index (χ2v) is 15.8. The van der Waals surface area contributed by atoms with E-state index < -0.39 is 9.84 Å². The van der Waals surface area contributed by atoms with E-state index in [1.165, 1.54) is 23.0 Å². The van der Waals surface area contributed by atoms with Gasteiger partial charge < -0.3 is 0 Å². The summed E-state index contributed by atoms with van der Waals surface area (Å²) >= 11 is 8.36. The third-order valence-corrected chi connectivity index (χ3v) is 14.3. The summed E-state index contributed by atoms with van der Waals surface area (Å²) in [5, 5.41) is 3.18. The van der Waals surface area contributed by atoms with Crippen LogP contribution in [0.2, 0.25) is 0 Å². The van der Waals surface area contributed by atoms with E-state index in [2.05, 4.69) is 47.0 Å². The molecule has 2 saturated heterocycles. The predicted octanol–water partition coefficient (Wildman–Crippen LogP) is 4.72. The van der Waals surface area contributed by atoms with E-state index >= 15 is 0 Å². The first-order valence-electron chi connectivity index (χ1n) is 9.80. The summed E-state index contributed by atoms with van der Waals surface area (Å²) in [6, 6.07) is 0. The molecule has 4 aliphatic rings. The van der Waals surface area contributed by atoms with Gasteiger partial charge in [-0.05, 0) is 51.4 Å². The molecule has 0 N–H and O–H groups in total. The Morgan fingerprint density at radius 1 is 0.680 bits per heavy atom. The van der Waals surface area contributed by atoms with Crippen LogP contribution in [0.5, 0.6) is 0 Å². The van der Waals surface area contributed by atoms with Crippen LogP contribution in [-0.2, 0) is 9.84 Å². The highest BCUT2D eigenvalue weighted by Crippen LogP contribution is 2.41. The smallest absolute Gasteiger partial charge is 0.156 e. The molecule has 0 aromatic carbocycles. The lowest BCUT2D eigenvalue weighted by Gasteiger charge is -2.34. The standard InChI is InChI=1S/C18H30O2S5/c19-25(20,17-5-1-13(2-6-17)21-9-15-11-23-15)18-7-3-14(4-8-18)22-10-16-12-24-16/h13-18H,1-12H2. The molecule has 25 heavy (non-hydrogen) atoms. The van der Waals surface area contributed by atoms with Crippen LogP contribution in [0.4, 0.5) is 0 Å². The molecular formula is C18H30O2S5. The highest BCUT2D eigenvalue weighted by molar-refractivity contribution is 8.09. The molecule has 0 aromatic rings. The Morgan fingerprint density at radius 2 is 1.04 bits per heavy atom. The van der Waals surface area contributed by atoms with Crippen molar-refractivity contribution in [1.29, 1.82) is 0 Å². The number of thioether (sulfide) groups is 4. The van der Waals surface area contributed by atoms with Crippen molar-refractivity contribution in [3.05, 3.63) is 0 Å². The summed E-state index contributed by atoms with van der Waals surface area (Å²) in [5.41, 5.74) is 0. The average molecular weight is 439 g/mol. The van der Waals surface area contributed by atoms with Crippen molar-refractivity contribution >= 4 is 56.9 Å². The first kappa shape index (κ1) is 19.7. The molecule has 2 atom stereocenters. The van der Waals surface area contributed by atoms with Crippen molar-refractivity contribution in [3.8, 4) is 0 Å². The molecule has 2 saturated carbocycles. The van der Waals surface area contributed by atoms with Crippen LogP contribution >= 0.6 is 47.0 Å². The van der Waals surface area contributed by atoms with Gasteiger partial charge in [-0.25, -0.2) is 8.42 Å². The lowest BCUT2D eigenvalue weighted by molar-refractivity contribution is 0.457. The highest BCUT2D eigenvalue weighted by Gasteiger charge is 2.39. The van der Waals surface area contributed by atoms with Crippen LogP contribution in [0.15, 0.2) is 0 Å². The summed E-state index contributed by atoms with van der Waals surface area (Å²) in [6.07, 6.45) is 8.17. The molecule has 0 spiro atoms. The molecule has 2 aliphatic carbocycles. The molecule has 2 aliphatic heterocycles. The van der Waals surface area contributed by atoms with Gasteiger partial charge in [0.2, 0.25) is 0 Å². The molecule has 4 rings (SSSR count). The second-order valence-electron chi connectivity index (χ2n) is 7.96. The maximum atomic E-state index is 13.1. The van der Waals surface area contributed by atoms with Crippen LogP contribution in [0.1, 0.15) is 51.4 Å². The Kier molecular flexibility index (Phi) is 6.91. The lowest BCUT2D eigenvalue weighted by Crippen LogP contribution is -2.38. The first-order valence-corrected chi connectivity index (χ1v) is 15.6. The van der Waals surface area contributed by atoms with Gasteiger partial charge in [-0.15, -0.1) is 0 Å². The summed E-state index contributed by atoms with van der Waals surface area (Å²) in [6.45, 7) is 0. The zero-order valence-electron chi connectivity index (χ0n) is 14.8. The van der Waals surface area contributed by atoms with Gasteiger partial charge in [-0.3, -0.25) is 0 Å². The Hall–Kier alpha value is 1.35. The molecule has 7 heteroatoms. The maximum absolute atomic E-state index is 13.1. The lowest BCUT2D eigenvalue weighted by atomic mass is 9.99. The minimum atomic E-state index is -2.90. The SMILES string of the molecule is O=S(=O)(C1CCC(SCC2CS2)CC1)C1CCC(SCC2CS2)CC1. The number of sulfone groups is 1. The van der Waals surface area contributed by atoms with Crippen molar-refractivity contribution in [3.63, 3.8) is 0 Å². The van der Waals surface area contributed by atoms with E-state index in [9.17, 15) is 8.42 Å². The zero-order chi connectivity index (χ0) is 17.3. The minimum absolute atomic E-state index is 0.0308. The number of hydrogen-bond acceptors (Lipinski definition) is 6. The normalized spacial score (nSPS) is 41.4. The molecular weight excluding hydrogens is 409 g/mol. The molecule has 2 heterocycles. The van der Waals surface area contributed by atoms with Crippen molar-refractivity contribution in [2.24, 2.45) is 0 Å². The highest BCUT2D eigenvalue weighted by atomic mass is 32.2. The third kappa shape index (κ3) is 5.68. The average Bonchev–Trinajstić information content (AvgIpc) is 3.54. The van der Waals surface area contributed by atoms with Gasteiger partial charge >= 0.3 is 0 Å². The van der Waals surface area contributed by atoms with Gasteiger partial charge in [0, 0.05) is 44.0 Å². The molecule has 0 radical (unpaired) electrons. The molecule has 4 fully saturated rings. The van der Waals surface area contributed by atoms with Crippen molar-refractivity contribution < 1.29 is 8.42 Å². The molecule has 0 amide bonds. The van der Waals surface area contributed by atoms with E-state index in [1.807, 2.05) is 0 Å². The topological polar surface area (TPSA) is 34.1 Å². The molecule has 0 aromatic heterocycles. The van der Waals surface area contributed by atoms with Crippen LogP contribution in [0, 0.1) is 0 Å². The van der Waals surface area contributed by atoms with Gasteiger partial charge in [0.15, 0.2) is 9.84 Å². The van der Waals surface area contributed by atoms with E-state index in [4.69, 9.17) is 0 Å². The van der Waals surface area contributed by atoms with Gasteiger partial charge in [0.25, 0.3) is 0 Å². The van der Waals surface area contributed by atoms with Crippen molar-refractivity contribution in [1.82, 2.24) is 0 Å². The minimum Gasteiger partial charge on any atom is -0.228 e.